The number of ketones is 1. The first kappa shape index (κ1) is 15.9. The molecular formula is C19H18O3. The highest BCUT2D eigenvalue weighted by atomic mass is 16.3. The summed E-state index contributed by atoms with van der Waals surface area (Å²) in [7, 11) is 0. The topological polar surface area (TPSA) is 57.5 Å². The summed E-state index contributed by atoms with van der Waals surface area (Å²) in [5.74, 6) is -0.256. The molecule has 0 aliphatic heterocycles. The molecule has 0 saturated carbocycles. The molecule has 0 spiro atoms. The number of hydrogen-bond acceptors (Lipinski definition) is 3. The zero-order chi connectivity index (χ0) is 16.1. The van der Waals surface area contributed by atoms with Crippen molar-refractivity contribution in [1.82, 2.24) is 0 Å². The van der Waals surface area contributed by atoms with Crippen LogP contribution in [0.3, 0.4) is 0 Å². The van der Waals surface area contributed by atoms with Crippen LogP contribution in [-0.4, -0.2) is 16.0 Å². The van der Waals surface area contributed by atoms with Crippen molar-refractivity contribution in [3.63, 3.8) is 0 Å². The van der Waals surface area contributed by atoms with Gasteiger partial charge in [-0.1, -0.05) is 60.7 Å². The molecule has 2 atom stereocenters. The van der Waals surface area contributed by atoms with Crippen molar-refractivity contribution in [2.45, 2.75) is 12.2 Å². The van der Waals surface area contributed by atoms with Gasteiger partial charge in [-0.05, 0) is 11.1 Å². The third-order valence-electron chi connectivity index (χ3n) is 3.49. The molecule has 112 valence electrons. The fourth-order valence-corrected chi connectivity index (χ4v) is 2.32. The largest absolute Gasteiger partial charge is 0.384 e. The fraction of sp³-hybridized carbons (Fsp3) is 0.105. The van der Waals surface area contributed by atoms with Gasteiger partial charge in [-0.2, -0.15) is 0 Å². The lowest BCUT2D eigenvalue weighted by molar-refractivity contribution is 0.102. The first-order valence-electron chi connectivity index (χ1n) is 6.94. The third kappa shape index (κ3) is 3.06. The summed E-state index contributed by atoms with van der Waals surface area (Å²) in [6.07, 6.45) is 0.904. The molecule has 0 aliphatic rings. The molecule has 0 radical (unpaired) electrons. The van der Waals surface area contributed by atoms with Crippen molar-refractivity contribution < 1.29 is 15.0 Å². The quantitative estimate of drug-likeness (QED) is 0.634. The maximum Gasteiger partial charge on any atom is 0.193 e. The number of aliphatic hydroxyl groups excluding tert-OH is 2. The summed E-state index contributed by atoms with van der Waals surface area (Å²) in [5, 5.41) is 20.0. The number of hydrogen-bond donors (Lipinski definition) is 2. The van der Waals surface area contributed by atoms with E-state index in [0.29, 0.717) is 22.3 Å². The SMILES string of the molecule is C=CC(O)c1ccccc1C(=O)c1ccccc1C(O)C=C. The normalized spacial score (nSPS) is 13.2. The van der Waals surface area contributed by atoms with Crippen molar-refractivity contribution in [1.29, 1.82) is 0 Å². The molecule has 0 saturated heterocycles. The summed E-state index contributed by atoms with van der Waals surface area (Å²) >= 11 is 0. The average molecular weight is 294 g/mol. The molecule has 3 heteroatoms. The van der Waals surface area contributed by atoms with Gasteiger partial charge in [0, 0.05) is 11.1 Å². The van der Waals surface area contributed by atoms with Crippen LogP contribution in [0, 0.1) is 0 Å². The molecule has 2 aromatic rings. The summed E-state index contributed by atoms with van der Waals surface area (Å²) < 4.78 is 0. The molecule has 2 N–H and O–H groups in total. The second-order valence-electron chi connectivity index (χ2n) is 4.86. The predicted molar refractivity (Wildman–Crippen MR) is 86.6 cm³/mol. The van der Waals surface area contributed by atoms with Gasteiger partial charge >= 0.3 is 0 Å². The molecule has 2 unspecified atom stereocenters. The van der Waals surface area contributed by atoms with Crippen molar-refractivity contribution in [2.24, 2.45) is 0 Å². The van der Waals surface area contributed by atoms with Gasteiger partial charge in [-0.25, -0.2) is 0 Å². The summed E-state index contributed by atoms with van der Waals surface area (Å²) in [6.45, 7) is 7.11. The lowest BCUT2D eigenvalue weighted by Gasteiger charge is -2.15. The summed E-state index contributed by atoms with van der Waals surface area (Å²) in [5.41, 5.74) is 1.76. The minimum atomic E-state index is -0.920. The van der Waals surface area contributed by atoms with Crippen LogP contribution in [0.5, 0.6) is 0 Å². The Morgan fingerprint density at radius 3 is 1.55 bits per heavy atom. The van der Waals surface area contributed by atoms with E-state index in [1.165, 1.54) is 12.2 Å². The molecule has 2 rings (SSSR count). The molecule has 0 aromatic heterocycles. The van der Waals surface area contributed by atoms with Crippen LogP contribution in [0.25, 0.3) is 0 Å². The predicted octanol–water partition coefficient (Wildman–Crippen LogP) is 3.36. The Bertz CT molecular complexity index is 644. The van der Waals surface area contributed by atoms with Gasteiger partial charge in [0.1, 0.15) is 0 Å². The lowest BCUT2D eigenvalue weighted by atomic mass is 9.91. The highest BCUT2D eigenvalue weighted by Crippen LogP contribution is 2.25. The van der Waals surface area contributed by atoms with E-state index in [0.717, 1.165) is 0 Å². The Balaban J connectivity index is 2.55. The first-order chi connectivity index (χ1) is 10.6. The van der Waals surface area contributed by atoms with Crippen LogP contribution in [0.15, 0.2) is 73.8 Å². The Kier molecular flexibility index (Phi) is 5.04. The van der Waals surface area contributed by atoms with Crippen LogP contribution < -0.4 is 0 Å². The van der Waals surface area contributed by atoms with E-state index in [1.54, 1.807) is 48.5 Å². The molecule has 0 fully saturated rings. The second-order valence-corrected chi connectivity index (χ2v) is 4.86. The monoisotopic (exact) mass is 294 g/mol. The molecule has 0 amide bonds. The van der Waals surface area contributed by atoms with Crippen LogP contribution in [0.1, 0.15) is 39.3 Å². The first-order valence-corrected chi connectivity index (χ1v) is 6.94. The summed E-state index contributed by atoms with van der Waals surface area (Å²) in [4.78, 5) is 12.8. The van der Waals surface area contributed by atoms with Gasteiger partial charge in [0.15, 0.2) is 5.78 Å². The van der Waals surface area contributed by atoms with Gasteiger partial charge in [-0.3, -0.25) is 4.79 Å². The molecule has 2 aromatic carbocycles. The number of carbonyl (C=O) groups excluding carboxylic acids is 1. The van der Waals surface area contributed by atoms with Crippen LogP contribution in [0.4, 0.5) is 0 Å². The standard InChI is InChI=1S/C19H18O3/c1-3-17(20)13-9-5-7-11-15(13)19(22)16-12-8-6-10-14(16)18(21)4-2/h3-12,17-18,20-21H,1-2H2. The molecule has 0 aliphatic carbocycles. The Morgan fingerprint density at radius 2 is 1.18 bits per heavy atom. The third-order valence-corrected chi connectivity index (χ3v) is 3.49. The lowest BCUT2D eigenvalue weighted by Crippen LogP contribution is -2.11. The minimum absolute atomic E-state index is 0.256. The van der Waals surface area contributed by atoms with E-state index in [4.69, 9.17) is 0 Å². The highest BCUT2D eigenvalue weighted by Gasteiger charge is 2.20. The van der Waals surface area contributed by atoms with E-state index in [-0.39, 0.29) is 5.78 Å². The maximum absolute atomic E-state index is 12.8. The summed E-state index contributed by atoms with van der Waals surface area (Å²) in [6, 6.07) is 13.7. The van der Waals surface area contributed by atoms with Gasteiger partial charge in [0.25, 0.3) is 0 Å². The molecule has 0 bridgehead atoms. The van der Waals surface area contributed by atoms with E-state index < -0.39 is 12.2 Å². The molecule has 3 nitrogen and oxygen atoms in total. The highest BCUT2D eigenvalue weighted by molar-refractivity contribution is 6.11. The van der Waals surface area contributed by atoms with Crippen LogP contribution in [0.2, 0.25) is 0 Å². The average Bonchev–Trinajstić information content (AvgIpc) is 2.59. The smallest absolute Gasteiger partial charge is 0.193 e. The number of carbonyl (C=O) groups is 1. The molecule has 22 heavy (non-hydrogen) atoms. The Morgan fingerprint density at radius 1 is 0.818 bits per heavy atom. The van der Waals surface area contributed by atoms with E-state index >= 15 is 0 Å². The van der Waals surface area contributed by atoms with Gasteiger partial charge in [-0.15, -0.1) is 13.2 Å². The van der Waals surface area contributed by atoms with E-state index in [2.05, 4.69) is 13.2 Å². The molecular weight excluding hydrogens is 276 g/mol. The van der Waals surface area contributed by atoms with Crippen LogP contribution >= 0.6 is 0 Å². The van der Waals surface area contributed by atoms with Crippen molar-refractivity contribution >= 4 is 5.78 Å². The van der Waals surface area contributed by atoms with Gasteiger partial charge in [0.05, 0.1) is 12.2 Å². The van der Waals surface area contributed by atoms with E-state index in [1.807, 2.05) is 0 Å². The Labute approximate surface area is 129 Å². The van der Waals surface area contributed by atoms with Crippen molar-refractivity contribution in [3.8, 4) is 0 Å². The number of rotatable bonds is 6. The molecule has 0 heterocycles. The van der Waals surface area contributed by atoms with Crippen LogP contribution in [-0.2, 0) is 0 Å². The van der Waals surface area contributed by atoms with Crippen molar-refractivity contribution in [2.75, 3.05) is 0 Å². The van der Waals surface area contributed by atoms with Gasteiger partial charge in [0.2, 0.25) is 0 Å². The zero-order valence-electron chi connectivity index (χ0n) is 12.1. The Hall–Kier alpha value is -2.49. The second kappa shape index (κ2) is 6.98. The van der Waals surface area contributed by atoms with Crippen molar-refractivity contribution in [3.05, 3.63) is 96.1 Å². The van der Waals surface area contributed by atoms with E-state index in [9.17, 15) is 15.0 Å². The fourth-order valence-electron chi connectivity index (χ4n) is 2.32. The maximum atomic E-state index is 12.8. The number of aliphatic hydroxyl groups is 2. The number of benzene rings is 2. The minimum Gasteiger partial charge on any atom is -0.384 e. The van der Waals surface area contributed by atoms with Gasteiger partial charge < -0.3 is 10.2 Å². The zero-order valence-corrected chi connectivity index (χ0v) is 12.1.